The van der Waals surface area contributed by atoms with Gasteiger partial charge in [0.2, 0.25) is 5.91 Å². The van der Waals surface area contributed by atoms with Crippen molar-refractivity contribution in [1.29, 1.82) is 0 Å². The van der Waals surface area contributed by atoms with Crippen LogP contribution in [0.15, 0.2) is 18.2 Å². The summed E-state index contributed by atoms with van der Waals surface area (Å²) in [5.74, 6) is -0.769. The van der Waals surface area contributed by atoms with Crippen molar-refractivity contribution in [3.63, 3.8) is 0 Å². The van der Waals surface area contributed by atoms with Gasteiger partial charge in [0.05, 0.1) is 17.2 Å². The third kappa shape index (κ3) is 8.17. The minimum atomic E-state index is -0.779. The molecule has 0 heterocycles. The number of benzene rings is 1. The van der Waals surface area contributed by atoms with Gasteiger partial charge in [-0.2, -0.15) is 0 Å². The van der Waals surface area contributed by atoms with E-state index in [4.69, 9.17) is 21.1 Å². The number of halogens is 1. The number of esters is 1. The highest BCUT2D eigenvalue weighted by atomic mass is 35.5. The number of nitrogens with one attached hydrogen (secondary N) is 2. The van der Waals surface area contributed by atoms with Crippen molar-refractivity contribution < 1.29 is 23.9 Å². The first-order valence-electron chi connectivity index (χ1n) is 9.20. The molecule has 0 aliphatic rings. The summed E-state index contributed by atoms with van der Waals surface area (Å²) in [6, 6.07) is 3.72. The second kappa shape index (κ2) is 10.3. The zero-order chi connectivity index (χ0) is 21.5. The fraction of sp³-hybridized carbons (Fsp3) is 0.550. The van der Waals surface area contributed by atoms with Crippen molar-refractivity contribution in [1.82, 2.24) is 5.32 Å². The van der Waals surface area contributed by atoms with Crippen molar-refractivity contribution in [3.05, 3.63) is 28.8 Å². The van der Waals surface area contributed by atoms with Gasteiger partial charge in [-0.3, -0.25) is 4.79 Å². The summed E-state index contributed by atoms with van der Waals surface area (Å²) in [6.07, 6.45) is -0.233. The number of hydrogen-bond acceptors (Lipinski definition) is 5. The summed E-state index contributed by atoms with van der Waals surface area (Å²) in [4.78, 5) is 36.5. The third-order valence-electron chi connectivity index (χ3n) is 3.45. The number of ether oxygens (including phenoxy) is 2. The Kier molecular flexibility index (Phi) is 8.75. The van der Waals surface area contributed by atoms with Crippen LogP contribution in [-0.4, -0.2) is 36.2 Å². The molecule has 0 bridgehead atoms. The minimum absolute atomic E-state index is 0.164. The molecule has 0 fully saturated rings. The van der Waals surface area contributed by atoms with Gasteiger partial charge in [-0.25, -0.2) is 9.59 Å². The molecule has 0 spiro atoms. The first-order chi connectivity index (χ1) is 12.9. The summed E-state index contributed by atoms with van der Waals surface area (Å²) in [7, 11) is 0. The summed E-state index contributed by atoms with van der Waals surface area (Å²) in [6.45, 7) is 11.1. The van der Waals surface area contributed by atoms with Gasteiger partial charge in [-0.05, 0) is 58.2 Å². The Hall–Kier alpha value is -2.28. The first kappa shape index (κ1) is 23.8. The van der Waals surface area contributed by atoms with E-state index in [0.29, 0.717) is 12.1 Å². The molecule has 0 aromatic heterocycles. The van der Waals surface area contributed by atoms with Crippen molar-refractivity contribution in [3.8, 4) is 0 Å². The van der Waals surface area contributed by atoms with E-state index < -0.39 is 29.6 Å². The lowest BCUT2D eigenvalue weighted by Crippen LogP contribution is -2.46. The van der Waals surface area contributed by atoms with E-state index in [1.165, 1.54) is 12.1 Å². The monoisotopic (exact) mass is 412 g/mol. The molecule has 28 heavy (non-hydrogen) atoms. The van der Waals surface area contributed by atoms with E-state index in [9.17, 15) is 14.4 Å². The highest BCUT2D eigenvalue weighted by Crippen LogP contribution is 2.22. The molecule has 0 saturated carbocycles. The number of carbonyl (C=O) groups excluding carboxylic acids is 3. The van der Waals surface area contributed by atoms with Gasteiger partial charge in [-0.1, -0.05) is 25.4 Å². The Morgan fingerprint density at radius 3 is 2.32 bits per heavy atom. The Labute approximate surface area is 171 Å². The fourth-order valence-electron chi connectivity index (χ4n) is 2.35. The van der Waals surface area contributed by atoms with Crippen molar-refractivity contribution in [2.45, 2.75) is 59.6 Å². The van der Waals surface area contributed by atoms with Crippen LogP contribution in [0, 0.1) is 5.92 Å². The summed E-state index contributed by atoms with van der Waals surface area (Å²) >= 11 is 6.12. The van der Waals surface area contributed by atoms with Gasteiger partial charge in [0.1, 0.15) is 11.6 Å². The van der Waals surface area contributed by atoms with Gasteiger partial charge < -0.3 is 20.1 Å². The van der Waals surface area contributed by atoms with Gasteiger partial charge in [-0.15, -0.1) is 0 Å². The molecule has 7 nitrogen and oxygen atoms in total. The molecule has 0 aliphatic carbocycles. The highest BCUT2D eigenvalue weighted by molar-refractivity contribution is 6.34. The molecular weight excluding hydrogens is 384 g/mol. The molecule has 1 rings (SSSR count). The molecule has 1 aromatic carbocycles. The van der Waals surface area contributed by atoms with Crippen LogP contribution in [-0.2, 0) is 14.3 Å². The topological polar surface area (TPSA) is 93.7 Å². The lowest BCUT2D eigenvalue weighted by Gasteiger charge is -2.24. The lowest BCUT2D eigenvalue weighted by molar-refractivity contribution is -0.118. The highest BCUT2D eigenvalue weighted by Gasteiger charge is 2.25. The summed E-state index contributed by atoms with van der Waals surface area (Å²) < 4.78 is 10.2. The van der Waals surface area contributed by atoms with Gasteiger partial charge in [0.15, 0.2) is 0 Å². The van der Waals surface area contributed by atoms with Crippen LogP contribution >= 0.6 is 11.6 Å². The maximum absolute atomic E-state index is 12.7. The Morgan fingerprint density at radius 1 is 1.18 bits per heavy atom. The van der Waals surface area contributed by atoms with Crippen LogP contribution in [0.25, 0.3) is 0 Å². The quantitative estimate of drug-likeness (QED) is 0.647. The molecule has 2 amide bonds. The summed E-state index contributed by atoms with van der Waals surface area (Å²) in [5.41, 5.74) is -0.0470. The standard InChI is InChI=1S/C20H29ClN2O5/c1-7-27-18(25)14-9-8-13(11-15(14)21)22-17(24)16(10-12(2)3)23-19(26)28-20(4,5)6/h8-9,11-12,16H,7,10H2,1-6H3,(H,22,24)(H,23,26)/t16-/m0/s1. The van der Waals surface area contributed by atoms with Crippen LogP contribution < -0.4 is 10.6 Å². The van der Waals surface area contributed by atoms with E-state index in [1.54, 1.807) is 33.8 Å². The smallest absolute Gasteiger partial charge is 0.408 e. The molecule has 0 unspecified atom stereocenters. The van der Waals surface area contributed by atoms with Crippen LogP contribution in [0.2, 0.25) is 5.02 Å². The van der Waals surface area contributed by atoms with E-state index in [2.05, 4.69) is 10.6 Å². The number of carbonyl (C=O) groups is 3. The zero-order valence-corrected chi connectivity index (χ0v) is 18.0. The maximum Gasteiger partial charge on any atom is 0.408 e. The first-order valence-corrected chi connectivity index (χ1v) is 9.57. The molecule has 2 N–H and O–H groups in total. The van der Waals surface area contributed by atoms with E-state index in [1.807, 2.05) is 13.8 Å². The van der Waals surface area contributed by atoms with Gasteiger partial charge >= 0.3 is 12.1 Å². The van der Waals surface area contributed by atoms with E-state index in [0.717, 1.165) is 0 Å². The van der Waals surface area contributed by atoms with Crippen LogP contribution in [0.4, 0.5) is 10.5 Å². The minimum Gasteiger partial charge on any atom is -0.462 e. The average Bonchev–Trinajstić information content (AvgIpc) is 2.52. The zero-order valence-electron chi connectivity index (χ0n) is 17.2. The number of hydrogen-bond donors (Lipinski definition) is 2. The van der Waals surface area contributed by atoms with Crippen LogP contribution in [0.5, 0.6) is 0 Å². The number of alkyl carbamates (subject to hydrolysis) is 1. The molecule has 1 aromatic rings. The number of anilines is 1. The van der Waals surface area contributed by atoms with Crippen LogP contribution in [0.3, 0.4) is 0 Å². The van der Waals surface area contributed by atoms with Crippen LogP contribution in [0.1, 0.15) is 58.3 Å². The third-order valence-corrected chi connectivity index (χ3v) is 3.76. The predicted molar refractivity (Wildman–Crippen MR) is 109 cm³/mol. The molecule has 0 radical (unpaired) electrons. The number of rotatable bonds is 7. The van der Waals surface area contributed by atoms with E-state index >= 15 is 0 Å². The van der Waals surface area contributed by atoms with E-state index in [-0.39, 0.29) is 23.1 Å². The lowest BCUT2D eigenvalue weighted by atomic mass is 10.0. The van der Waals surface area contributed by atoms with Gasteiger partial charge in [0, 0.05) is 5.69 Å². The molecule has 8 heteroatoms. The maximum atomic E-state index is 12.7. The molecule has 0 saturated heterocycles. The van der Waals surface area contributed by atoms with Crippen molar-refractivity contribution >= 4 is 35.3 Å². The molecule has 1 atom stereocenters. The molecule has 0 aliphatic heterocycles. The largest absolute Gasteiger partial charge is 0.462 e. The van der Waals surface area contributed by atoms with Crippen molar-refractivity contribution in [2.75, 3.05) is 11.9 Å². The Bertz CT molecular complexity index is 713. The van der Waals surface area contributed by atoms with Crippen molar-refractivity contribution in [2.24, 2.45) is 5.92 Å². The average molecular weight is 413 g/mol. The molecular formula is C20H29ClN2O5. The SMILES string of the molecule is CCOC(=O)c1ccc(NC(=O)[C@H](CC(C)C)NC(=O)OC(C)(C)C)cc1Cl. The van der Waals surface area contributed by atoms with Gasteiger partial charge in [0.25, 0.3) is 0 Å². The summed E-state index contributed by atoms with van der Waals surface area (Å²) in [5, 5.41) is 5.48. The second-order valence-corrected chi connectivity index (χ2v) is 8.14. The predicted octanol–water partition coefficient (Wildman–Crippen LogP) is 4.39. The fourth-order valence-corrected chi connectivity index (χ4v) is 2.61. The Morgan fingerprint density at radius 2 is 1.82 bits per heavy atom. The second-order valence-electron chi connectivity index (χ2n) is 7.73. The molecule has 156 valence electrons. The Balaban J connectivity index is 2.88. The number of amides is 2. The normalized spacial score (nSPS) is 12.3.